The van der Waals surface area contributed by atoms with Crippen molar-refractivity contribution in [1.29, 1.82) is 0 Å². The molecule has 31 heavy (non-hydrogen) atoms. The maximum absolute atomic E-state index is 12.1. The highest BCUT2D eigenvalue weighted by Gasteiger charge is 2.42. The lowest BCUT2D eigenvalue weighted by molar-refractivity contribution is -0.118. The van der Waals surface area contributed by atoms with Gasteiger partial charge in [-0.3, -0.25) is 9.78 Å². The Morgan fingerprint density at radius 3 is 2.61 bits per heavy atom. The molecule has 7 heteroatoms. The first-order chi connectivity index (χ1) is 14.8. The van der Waals surface area contributed by atoms with E-state index < -0.39 is 0 Å². The number of nitrogens with one attached hydrogen (secondary N) is 2. The number of aromatic nitrogens is 1. The number of carbonyl (C=O) groups is 1. The molecule has 2 atom stereocenters. The van der Waals surface area contributed by atoms with Gasteiger partial charge < -0.3 is 20.0 Å². The van der Waals surface area contributed by atoms with E-state index in [2.05, 4.69) is 20.5 Å². The average Bonchev–Trinajstić information content (AvgIpc) is 3.32. The summed E-state index contributed by atoms with van der Waals surface area (Å²) < 4.78 is 6.03. The lowest BCUT2D eigenvalue weighted by Crippen LogP contribution is -2.29. The van der Waals surface area contributed by atoms with E-state index in [1.807, 2.05) is 76.2 Å². The molecular formula is C24H26N4O2S. The fourth-order valence-corrected chi connectivity index (χ4v) is 4.10. The number of pyridine rings is 1. The van der Waals surface area contributed by atoms with Crippen molar-refractivity contribution in [2.75, 3.05) is 10.2 Å². The van der Waals surface area contributed by atoms with Gasteiger partial charge in [-0.25, -0.2) is 0 Å². The molecule has 6 nitrogen and oxygen atoms in total. The lowest BCUT2D eigenvalue weighted by Gasteiger charge is -2.27. The van der Waals surface area contributed by atoms with E-state index in [0.717, 1.165) is 34.2 Å². The molecule has 3 aromatic rings. The van der Waals surface area contributed by atoms with E-state index in [4.69, 9.17) is 16.6 Å². The molecule has 160 valence electrons. The molecule has 1 amide bonds. The molecular weight excluding hydrogens is 408 g/mol. The number of carbonyl (C=O) groups excluding carboxylic acids is 1. The van der Waals surface area contributed by atoms with Crippen molar-refractivity contribution >= 4 is 34.6 Å². The highest BCUT2D eigenvalue weighted by atomic mass is 32.1. The number of nitrogens with zero attached hydrogens (tertiary/aromatic N) is 2. The van der Waals surface area contributed by atoms with Crippen molar-refractivity contribution in [2.45, 2.75) is 39.8 Å². The summed E-state index contributed by atoms with van der Waals surface area (Å²) in [6.07, 6.45) is 1.78. The molecule has 0 unspecified atom stereocenters. The number of benzene rings is 1. The van der Waals surface area contributed by atoms with Crippen molar-refractivity contribution < 1.29 is 9.21 Å². The number of aryl methyl sites for hydroxylation is 2. The van der Waals surface area contributed by atoms with Crippen LogP contribution in [0.3, 0.4) is 0 Å². The molecule has 1 aliphatic rings. The number of furan rings is 1. The molecule has 4 rings (SSSR count). The van der Waals surface area contributed by atoms with Crippen molar-refractivity contribution in [3.8, 4) is 0 Å². The molecule has 2 aromatic heterocycles. The average molecular weight is 435 g/mol. The molecule has 0 radical (unpaired) electrons. The maximum atomic E-state index is 12.1. The van der Waals surface area contributed by atoms with Crippen molar-refractivity contribution in [3.05, 3.63) is 77.5 Å². The predicted molar refractivity (Wildman–Crippen MR) is 126 cm³/mol. The summed E-state index contributed by atoms with van der Waals surface area (Å²) in [4.78, 5) is 18.7. The molecule has 1 aliphatic heterocycles. The summed E-state index contributed by atoms with van der Waals surface area (Å²) >= 11 is 5.74. The van der Waals surface area contributed by atoms with E-state index in [-0.39, 0.29) is 23.9 Å². The van der Waals surface area contributed by atoms with Crippen LogP contribution in [0.4, 0.5) is 11.4 Å². The van der Waals surface area contributed by atoms with Gasteiger partial charge in [-0.2, -0.15) is 0 Å². The molecule has 0 bridgehead atoms. The van der Waals surface area contributed by atoms with Crippen molar-refractivity contribution in [3.63, 3.8) is 0 Å². The van der Waals surface area contributed by atoms with Crippen LogP contribution in [-0.4, -0.2) is 16.0 Å². The Morgan fingerprint density at radius 2 is 2.00 bits per heavy atom. The van der Waals surface area contributed by atoms with Crippen LogP contribution in [0.2, 0.25) is 0 Å². The van der Waals surface area contributed by atoms with Crippen LogP contribution < -0.4 is 15.5 Å². The second kappa shape index (κ2) is 8.51. The fraction of sp³-hybridized carbons (Fsp3) is 0.292. The monoisotopic (exact) mass is 434 g/mol. The number of hydrogen-bond donors (Lipinski definition) is 2. The van der Waals surface area contributed by atoms with Gasteiger partial charge in [-0.1, -0.05) is 19.9 Å². The number of hydrogen-bond acceptors (Lipinski definition) is 4. The van der Waals surface area contributed by atoms with Crippen molar-refractivity contribution in [2.24, 2.45) is 5.92 Å². The van der Waals surface area contributed by atoms with Gasteiger partial charge in [-0.05, 0) is 74.1 Å². The summed E-state index contributed by atoms with van der Waals surface area (Å²) in [6.45, 7) is 7.66. The number of anilines is 2. The van der Waals surface area contributed by atoms with E-state index >= 15 is 0 Å². The lowest BCUT2D eigenvalue weighted by atomic mass is 10.0. The minimum atomic E-state index is -0.188. The molecule has 3 heterocycles. The molecule has 0 saturated carbocycles. The third kappa shape index (κ3) is 4.18. The quantitative estimate of drug-likeness (QED) is 0.547. The topological polar surface area (TPSA) is 70.4 Å². The van der Waals surface area contributed by atoms with Crippen molar-refractivity contribution in [1.82, 2.24) is 10.3 Å². The van der Waals surface area contributed by atoms with Gasteiger partial charge in [0.15, 0.2) is 5.11 Å². The number of rotatable bonds is 5. The van der Waals surface area contributed by atoms with E-state index in [1.165, 1.54) is 0 Å². The zero-order valence-electron chi connectivity index (χ0n) is 18.0. The van der Waals surface area contributed by atoms with Gasteiger partial charge in [0.2, 0.25) is 5.91 Å². The van der Waals surface area contributed by atoms with E-state index in [0.29, 0.717) is 5.11 Å². The first kappa shape index (κ1) is 21.1. The summed E-state index contributed by atoms with van der Waals surface area (Å²) in [5.74, 6) is 1.57. The van der Waals surface area contributed by atoms with Crippen LogP contribution in [0.25, 0.3) is 0 Å². The zero-order valence-corrected chi connectivity index (χ0v) is 18.9. The Bertz CT molecular complexity index is 1110. The Kier molecular flexibility index (Phi) is 5.78. The number of amides is 1. The van der Waals surface area contributed by atoms with Crippen LogP contribution in [0, 0.1) is 19.8 Å². The van der Waals surface area contributed by atoms with Gasteiger partial charge in [-0.15, -0.1) is 0 Å². The van der Waals surface area contributed by atoms with Crippen LogP contribution >= 0.6 is 12.2 Å². The van der Waals surface area contributed by atoms with Crippen LogP contribution in [0.5, 0.6) is 0 Å². The normalized spacial score (nSPS) is 18.4. The largest absolute Gasteiger partial charge is 0.464 e. The van der Waals surface area contributed by atoms with Gasteiger partial charge in [0.25, 0.3) is 0 Å². The molecule has 1 saturated heterocycles. The van der Waals surface area contributed by atoms with Gasteiger partial charge in [0.1, 0.15) is 17.6 Å². The van der Waals surface area contributed by atoms with Gasteiger partial charge >= 0.3 is 0 Å². The fourth-order valence-electron chi connectivity index (χ4n) is 3.75. The van der Waals surface area contributed by atoms with Crippen LogP contribution in [0.15, 0.2) is 59.1 Å². The summed E-state index contributed by atoms with van der Waals surface area (Å²) in [7, 11) is 0. The third-order valence-electron chi connectivity index (χ3n) is 5.42. The molecule has 0 aliphatic carbocycles. The van der Waals surface area contributed by atoms with Crippen LogP contribution in [0.1, 0.15) is 48.7 Å². The van der Waals surface area contributed by atoms with E-state index in [1.54, 1.807) is 6.20 Å². The summed E-state index contributed by atoms with van der Waals surface area (Å²) in [6, 6.07) is 15.4. The summed E-state index contributed by atoms with van der Waals surface area (Å²) in [5, 5.41) is 7.01. The second-order valence-electron chi connectivity index (χ2n) is 8.09. The first-order valence-electron chi connectivity index (χ1n) is 10.3. The van der Waals surface area contributed by atoms with Gasteiger partial charge in [0, 0.05) is 23.5 Å². The highest BCUT2D eigenvalue weighted by molar-refractivity contribution is 7.80. The smallest absolute Gasteiger partial charge is 0.226 e. The van der Waals surface area contributed by atoms with E-state index in [9.17, 15) is 4.79 Å². The predicted octanol–water partition coefficient (Wildman–Crippen LogP) is 5.06. The molecule has 1 fully saturated rings. The minimum absolute atomic E-state index is 0.00615. The second-order valence-corrected chi connectivity index (χ2v) is 8.47. The number of thiocarbonyl (C=S) groups is 1. The maximum Gasteiger partial charge on any atom is 0.226 e. The Morgan fingerprint density at radius 1 is 1.19 bits per heavy atom. The highest BCUT2D eigenvalue weighted by Crippen LogP contribution is 2.42. The molecule has 2 N–H and O–H groups in total. The summed E-state index contributed by atoms with van der Waals surface area (Å²) in [5.41, 5.74) is 3.58. The Balaban J connectivity index is 1.73. The zero-order chi connectivity index (χ0) is 22.1. The minimum Gasteiger partial charge on any atom is -0.464 e. The molecule has 0 spiro atoms. The van der Waals surface area contributed by atoms with Crippen LogP contribution in [-0.2, 0) is 4.79 Å². The standard InChI is InChI=1S/C24H26N4O2S/c1-14(2)23(29)26-18-10-9-17(13-15(18)3)28-22(20-11-8-16(4)30-20)21(27-24(28)31)19-7-5-6-12-25-19/h5-14,21-22H,1-4H3,(H,26,29)(H,27,31)/t21-,22-/m1/s1. The molecule has 1 aromatic carbocycles. The SMILES string of the molecule is Cc1ccc([C@@H]2[C@@H](c3ccccn3)NC(=S)N2c2ccc(NC(=O)C(C)C)c(C)c2)o1. The Hall–Kier alpha value is -3.19. The Labute approximate surface area is 187 Å². The first-order valence-corrected chi connectivity index (χ1v) is 10.7. The van der Waals surface area contributed by atoms with Gasteiger partial charge in [0.05, 0.1) is 11.7 Å². The third-order valence-corrected chi connectivity index (χ3v) is 5.74.